The highest BCUT2D eigenvalue weighted by atomic mass is 19.4. The summed E-state index contributed by atoms with van der Waals surface area (Å²) in [6.07, 6.45) is -3.95. The summed E-state index contributed by atoms with van der Waals surface area (Å²) in [5.41, 5.74) is 2.20. The zero-order valence-corrected chi connectivity index (χ0v) is 20.4. The molecule has 0 radical (unpaired) electrons. The van der Waals surface area contributed by atoms with Crippen LogP contribution in [0.15, 0.2) is 36.7 Å². The first kappa shape index (κ1) is 24.9. The van der Waals surface area contributed by atoms with Gasteiger partial charge in [-0.05, 0) is 63.8 Å². The molecule has 1 fully saturated rings. The van der Waals surface area contributed by atoms with Crippen molar-refractivity contribution >= 4 is 11.6 Å². The van der Waals surface area contributed by atoms with Gasteiger partial charge in [0.25, 0.3) is 0 Å². The molecule has 12 heteroatoms. The maximum Gasteiger partial charge on any atom is 0.418 e. The molecule has 0 aliphatic heterocycles. The first-order valence-electron chi connectivity index (χ1n) is 11.8. The van der Waals surface area contributed by atoms with Crippen LogP contribution in [0.1, 0.15) is 41.5 Å². The average molecular weight is 516 g/mol. The van der Waals surface area contributed by atoms with Crippen LogP contribution in [0.3, 0.4) is 0 Å². The molecular weight excluding hydrogens is 490 g/mol. The maximum atomic E-state index is 13.5. The molecule has 3 heterocycles. The molecule has 8 nitrogen and oxygen atoms in total. The number of alkyl halides is 3. The molecule has 3 aromatic heterocycles. The van der Waals surface area contributed by atoms with E-state index in [2.05, 4.69) is 20.4 Å². The number of hydrogen-bond donors (Lipinski definition) is 2. The quantitative estimate of drug-likeness (QED) is 0.323. The number of aromatic nitrogens is 6. The van der Waals surface area contributed by atoms with Crippen LogP contribution in [0.25, 0.3) is 17.1 Å². The molecule has 0 saturated heterocycles. The minimum absolute atomic E-state index is 0.0535. The SMILES string of the molecule is Cc1nn(-c2cc(Nc3c(C)c(-c4ccc(F)cc4)nn3CC3CC3)ncn2)c(C)c1C(O)C(F)(F)F. The van der Waals surface area contributed by atoms with Gasteiger partial charge in [-0.25, -0.2) is 23.7 Å². The molecule has 1 aromatic carbocycles. The van der Waals surface area contributed by atoms with Gasteiger partial charge in [0.15, 0.2) is 11.9 Å². The van der Waals surface area contributed by atoms with E-state index in [0.717, 1.165) is 24.0 Å². The van der Waals surface area contributed by atoms with Crippen molar-refractivity contribution < 1.29 is 22.7 Å². The number of anilines is 2. The molecule has 5 rings (SSSR count). The molecule has 1 aliphatic carbocycles. The lowest BCUT2D eigenvalue weighted by atomic mass is 10.1. The van der Waals surface area contributed by atoms with Crippen LogP contribution in [0.4, 0.5) is 29.2 Å². The topological polar surface area (TPSA) is 93.7 Å². The highest BCUT2D eigenvalue weighted by Crippen LogP contribution is 2.37. The molecule has 194 valence electrons. The predicted molar refractivity (Wildman–Crippen MR) is 128 cm³/mol. The molecule has 1 atom stereocenters. The second-order valence-electron chi connectivity index (χ2n) is 9.28. The van der Waals surface area contributed by atoms with E-state index < -0.39 is 12.3 Å². The lowest BCUT2D eigenvalue weighted by molar-refractivity contribution is -0.207. The van der Waals surface area contributed by atoms with Crippen LogP contribution in [0.5, 0.6) is 0 Å². The fraction of sp³-hybridized carbons (Fsp3) is 0.360. The van der Waals surface area contributed by atoms with Crippen molar-refractivity contribution in [3.63, 3.8) is 0 Å². The molecule has 37 heavy (non-hydrogen) atoms. The van der Waals surface area contributed by atoms with E-state index in [0.29, 0.717) is 29.8 Å². The van der Waals surface area contributed by atoms with Crippen molar-refractivity contribution in [1.82, 2.24) is 29.5 Å². The number of rotatable bonds is 7. The number of halogens is 4. The molecule has 1 unspecified atom stereocenters. The summed E-state index contributed by atoms with van der Waals surface area (Å²) < 4.78 is 56.1. The van der Waals surface area contributed by atoms with Gasteiger partial charge >= 0.3 is 6.18 Å². The van der Waals surface area contributed by atoms with E-state index in [-0.39, 0.29) is 28.6 Å². The fourth-order valence-electron chi connectivity index (χ4n) is 4.36. The Balaban J connectivity index is 1.50. The van der Waals surface area contributed by atoms with Crippen molar-refractivity contribution in [3.05, 3.63) is 65.0 Å². The summed E-state index contributed by atoms with van der Waals surface area (Å²) in [6.45, 7) is 5.47. The van der Waals surface area contributed by atoms with E-state index >= 15 is 0 Å². The molecule has 1 saturated carbocycles. The van der Waals surface area contributed by atoms with Crippen molar-refractivity contribution in [2.75, 3.05) is 5.32 Å². The van der Waals surface area contributed by atoms with Crippen LogP contribution in [-0.4, -0.2) is 40.8 Å². The molecule has 2 N–H and O–H groups in total. The third kappa shape index (κ3) is 4.93. The highest BCUT2D eigenvalue weighted by Gasteiger charge is 2.42. The van der Waals surface area contributed by atoms with E-state index in [1.807, 2.05) is 11.6 Å². The predicted octanol–water partition coefficient (Wildman–Crippen LogP) is 5.34. The Kier molecular flexibility index (Phi) is 6.22. The van der Waals surface area contributed by atoms with Crippen molar-refractivity contribution in [1.29, 1.82) is 0 Å². The first-order valence-corrected chi connectivity index (χ1v) is 11.8. The molecule has 0 spiro atoms. The minimum atomic E-state index is -4.82. The van der Waals surface area contributed by atoms with Gasteiger partial charge in [-0.3, -0.25) is 0 Å². The van der Waals surface area contributed by atoms with E-state index in [1.165, 1.54) is 37.0 Å². The maximum absolute atomic E-state index is 13.5. The van der Waals surface area contributed by atoms with Gasteiger partial charge in [0.1, 0.15) is 23.8 Å². The van der Waals surface area contributed by atoms with Crippen LogP contribution >= 0.6 is 0 Å². The largest absolute Gasteiger partial charge is 0.418 e. The van der Waals surface area contributed by atoms with Crippen LogP contribution in [-0.2, 0) is 6.54 Å². The Morgan fingerprint density at radius 3 is 2.43 bits per heavy atom. The Morgan fingerprint density at radius 1 is 1.08 bits per heavy atom. The van der Waals surface area contributed by atoms with Crippen molar-refractivity contribution in [2.45, 2.75) is 52.4 Å². The second kappa shape index (κ2) is 9.25. The Labute approximate surface area is 210 Å². The Morgan fingerprint density at radius 2 is 1.78 bits per heavy atom. The van der Waals surface area contributed by atoms with E-state index in [1.54, 1.807) is 18.2 Å². The monoisotopic (exact) mass is 515 g/mol. The summed E-state index contributed by atoms with van der Waals surface area (Å²) in [6, 6.07) is 7.69. The number of aliphatic hydroxyl groups excluding tert-OH is 1. The molecule has 0 bridgehead atoms. The lowest BCUT2D eigenvalue weighted by Crippen LogP contribution is -2.21. The van der Waals surface area contributed by atoms with E-state index in [4.69, 9.17) is 5.10 Å². The zero-order valence-electron chi connectivity index (χ0n) is 20.4. The summed E-state index contributed by atoms with van der Waals surface area (Å²) >= 11 is 0. The first-order chi connectivity index (χ1) is 17.5. The fourth-order valence-corrected chi connectivity index (χ4v) is 4.36. The normalized spacial score (nSPS) is 14.7. The van der Waals surface area contributed by atoms with Gasteiger partial charge in [0, 0.05) is 35.0 Å². The van der Waals surface area contributed by atoms with Gasteiger partial charge in [-0.15, -0.1) is 0 Å². The van der Waals surface area contributed by atoms with Gasteiger partial charge in [-0.2, -0.15) is 23.4 Å². The second-order valence-corrected chi connectivity index (χ2v) is 9.28. The molecule has 4 aromatic rings. The number of benzene rings is 1. The summed E-state index contributed by atoms with van der Waals surface area (Å²) in [5, 5.41) is 22.1. The van der Waals surface area contributed by atoms with Crippen molar-refractivity contribution in [2.24, 2.45) is 5.92 Å². The third-order valence-electron chi connectivity index (χ3n) is 6.48. The van der Waals surface area contributed by atoms with Gasteiger partial charge in [0.05, 0.1) is 11.4 Å². The van der Waals surface area contributed by atoms with Gasteiger partial charge in [-0.1, -0.05) is 0 Å². The lowest BCUT2D eigenvalue weighted by Gasteiger charge is -2.15. The van der Waals surface area contributed by atoms with Crippen LogP contribution in [0, 0.1) is 32.5 Å². The van der Waals surface area contributed by atoms with Gasteiger partial charge < -0.3 is 10.4 Å². The molecule has 1 aliphatic rings. The smallest absolute Gasteiger partial charge is 0.379 e. The summed E-state index contributed by atoms with van der Waals surface area (Å²) in [4.78, 5) is 8.46. The summed E-state index contributed by atoms with van der Waals surface area (Å²) in [7, 11) is 0. The standard InChI is InChI=1S/C25H25F4N7O/c1-13-22(17-6-8-18(26)9-7-17)34-35(11-16-4-5-16)24(13)32-19-10-20(31-12-30-19)36-15(3)21(14(2)33-36)23(37)25(27,28)29/h6-10,12,16,23,37H,4-5,11H2,1-3H3,(H,30,31,32). The Hall–Kier alpha value is -3.80. The van der Waals surface area contributed by atoms with Crippen LogP contribution < -0.4 is 5.32 Å². The van der Waals surface area contributed by atoms with Crippen molar-refractivity contribution in [3.8, 4) is 17.1 Å². The highest BCUT2D eigenvalue weighted by molar-refractivity contribution is 5.71. The Bertz CT molecular complexity index is 1440. The zero-order chi connectivity index (χ0) is 26.5. The number of aryl methyl sites for hydroxylation is 1. The molecule has 0 amide bonds. The minimum Gasteiger partial charge on any atom is -0.379 e. The van der Waals surface area contributed by atoms with E-state index in [9.17, 15) is 22.7 Å². The number of hydrogen-bond acceptors (Lipinski definition) is 6. The third-order valence-corrected chi connectivity index (χ3v) is 6.48. The number of aliphatic hydroxyl groups is 1. The van der Waals surface area contributed by atoms with Gasteiger partial charge in [0.2, 0.25) is 0 Å². The van der Waals surface area contributed by atoms with Crippen LogP contribution in [0.2, 0.25) is 0 Å². The molecular formula is C25H25F4N7O. The number of nitrogens with one attached hydrogen (secondary N) is 1. The average Bonchev–Trinajstić information content (AvgIpc) is 3.55. The summed E-state index contributed by atoms with van der Waals surface area (Å²) in [5.74, 6) is 1.53. The number of nitrogens with zero attached hydrogens (tertiary/aromatic N) is 6.